The van der Waals surface area contributed by atoms with Crippen molar-refractivity contribution >= 4 is 15.8 Å². The number of nitrogens with one attached hydrogen (secondary N) is 2. The highest BCUT2D eigenvalue weighted by atomic mass is 32.2. The zero-order chi connectivity index (χ0) is 20.5. The largest absolute Gasteiger partial charge is 0.492 e. The average molecular weight is 409 g/mol. The van der Waals surface area contributed by atoms with Gasteiger partial charge in [-0.2, -0.15) is 13.2 Å². The lowest BCUT2D eigenvalue weighted by Gasteiger charge is -2.17. The Labute approximate surface area is 158 Å². The number of benzene rings is 1. The van der Waals surface area contributed by atoms with Gasteiger partial charge >= 0.3 is 6.18 Å². The molecule has 0 bridgehead atoms. The molecule has 27 heavy (non-hydrogen) atoms. The Hall–Kier alpha value is -1.97. The van der Waals surface area contributed by atoms with Crippen molar-refractivity contribution in [1.82, 2.24) is 10.6 Å². The SMILES string of the molecule is CCNC(=NCCOc1cccc(C(F)(F)F)c1)NC(C)CCS(C)(=O)=O. The maximum Gasteiger partial charge on any atom is 0.416 e. The summed E-state index contributed by atoms with van der Waals surface area (Å²) in [6, 6.07) is 4.56. The molecular weight excluding hydrogens is 383 g/mol. The Balaban J connectivity index is 2.54. The van der Waals surface area contributed by atoms with E-state index in [1.165, 1.54) is 18.4 Å². The molecule has 0 radical (unpaired) electrons. The molecule has 0 aliphatic carbocycles. The van der Waals surface area contributed by atoms with Crippen LogP contribution in [0.4, 0.5) is 13.2 Å². The summed E-state index contributed by atoms with van der Waals surface area (Å²) in [4.78, 5) is 4.28. The first kappa shape index (κ1) is 23.1. The smallest absolute Gasteiger partial charge is 0.416 e. The lowest BCUT2D eigenvalue weighted by Crippen LogP contribution is -2.43. The zero-order valence-corrected chi connectivity index (χ0v) is 16.5. The number of guanidine groups is 1. The van der Waals surface area contributed by atoms with Crippen molar-refractivity contribution in [2.45, 2.75) is 32.5 Å². The predicted molar refractivity (Wildman–Crippen MR) is 99.8 cm³/mol. The van der Waals surface area contributed by atoms with E-state index >= 15 is 0 Å². The van der Waals surface area contributed by atoms with E-state index in [2.05, 4.69) is 15.6 Å². The normalized spacial score (nSPS) is 13.9. The molecule has 0 aliphatic rings. The number of sulfone groups is 1. The summed E-state index contributed by atoms with van der Waals surface area (Å²) in [7, 11) is -3.03. The Morgan fingerprint density at radius 1 is 1.33 bits per heavy atom. The number of hydrogen-bond acceptors (Lipinski definition) is 4. The molecule has 6 nitrogen and oxygen atoms in total. The van der Waals surface area contributed by atoms with Gasteiger partial charge in [0.1, 0.15) is 22.2 Å². The fourth-order valence-corrected chi connectivity index (χ4v) is 2.88. The van der Waals surface area contributed by atoms with Crippen LogP contribution in [0, 0.1) is 0 Å². The molecule has 1 rings (SSSR count). The van der Waals surface area contributed by atoms with Crippen LogP contribution in [0.25, 0.3) is 0 Å². The molecule has 1 aromatic rings. The lowest BCUT2D eigenvalue weighted by molar-refractivity contribution is -0.137. The molecule has 2 N–H and O–H groups in total. The van der Waals surface area contributed by atoms with Crippen molar-refractivity contribution in [3.63, 3.8) is 0 Å². The zero-order valence-electron chi connectivity index (χ0n) is 15.6. The summed E-state index contributed by atoms with van der Waals surface area (Å²) < 4.78 is 65.8. The van der Waals surface area contributed by atoms with Crippen molar-refractivity contribution in [2.24, 2.45) is 4.99 Å². The van der Waals surface area contributed by atoms with E-state index in [1.54, 1.807) is 0 Å². The van der Waals surface area contributed by atoms with Gasteiger partial charge in [0.2, 0.25) is 0 Å². The maximum absolute atomic E-state index is 12.7. The van der Waals surface area contributed by atoms with Gasteiger partial charge in [0.25, 0.3) is 0 Å². The predicted octanol–water partition coefficient (Wildman–Crippen LogP) is 2.46. The second-order valence-corrected chi connectivity index (χ2v) is 8.36. The summed E-state index contributed by atoms with van der Waals surface area (Å²) in [6.45, 7) is 4.67. The summed E-state index contributed by atoms with van der Waals surface area (Å²) in [5.41, 5.74) is -0.766. The van der Waals surface area contributed by atoms with Crippen LogP contribution in [0.5, 0.6) is 5.75 Å². The highest BCUT2D eigenvalue weighted by Gasteiger charge is 2.30. The van der Waals surface area contributed by atoms with Crippen LogP contribution in [0.1, 0.15) is 25.8 Å². The van der Waals surface area contributed by atoms with Gasteiger partial charge in [-0.25, -0.2) is 13.4 Å². The van der Waals surface area contributed by atoms with E-state index in [4.69, 9.17) is 4.74 Å². The second-order valence-electron chi connectivity index (χ2n) is 6.10. The van der Waals surface area contributed by atoms with Crippen LogP contribution in [-0.2, 0) is 16.0 Å². The van der Waals surface area contributed by atoms with E-state index in [-0.39, 0.29) is 30.7 Å². The van der Waals surface area contributed by atoms with Gasteiger partial charge < -0.3 is 15.4 Å². The highest BCUT2D eigenvalue weighted by Crippen LogP contribution is 2.31. The first-order valence-corrected chi connectivity index (χ1v) is 10.6. The minimum atomic E-state index is -4.41. The fraction of sp³-hybridized carbons (Fsp3) is 0.588. The molecule has 0 aromatic heterocycles. The Morgan fingerprint density at radius 3 is 2.63 bits per heavy atom. The Kier molecular flexibility index (Phi) is 8.87. The van der Waals surface area contributed by atoms with E-state index in [9.17, 15) is 21.6 Å². The first-order chi connectivity index (χ1) is 12.5. The third-order valence-corrected chi connectivity index (χ3v) is 4.42. The van der Waals surface area contributed by atoms with Crippen LogP contribution in [0.2, 0.25) is 0 Å². The highest BCUT2D eigenvalue weighted by molar-refractivity contribution is 7.90. The molecule has 10 heteroatoms. The van der Waals surface area contributed by atoms with Crippen LogP contribution in [-0.4, -0.2) is 52.1 Å². The molecule has 0 fully saturated rings. The molecule has 0 saturated carbocycles. The number of ether oxygens (including phenoxy) is 1. The number of hydrogen-bond donors (Lipinski definition) is 2. The number of nitrogens with zero attached hydrogens (tertiary/aromatic N) is 1. The topological polar surface area (TPSA) is 79.8 Å². The molecule has 1 atom stereocenters. The monoisotopic (exact) mass is 409 g/mol. The standard InChI is InChI=1S/C17H26F3N3O3S/c1-4-21-16(23-13(2)8-11-27(3,24)25)22-9-10-26-15-7-5-6-14(12-15)17(18,19)20/h5-7,12-13H,4,8-11H2,1-3H3,(H2,21,22,23). The van der Waals surface area contributed by atoms with Gasteiger partial charge in [-0.05, 0) is 38.5 Å². The lowest BCUT2D eigenvalue weighted by atomic mass is 10.2. The van der Waals surface area contributed by atoms with Crippen molar-refractivity contribution in [1.29, 1.82) is 0 Å². The van der Waals surface area contributed by atoms with Gasteiger partial charge in [0.05, 0.1) is 17.9 Å². The molecule has 0 spiro atoms. The van der Waals surface area contributed by atoms with E-state index in [1.807, 2.05) is 13.8 Å². The van der Waals surface area contributed by atoms with Gasteiger partial charge in [0.15, 0.2) is 5.96 Å². The molecule has 1 aromatic carbocycles. The Morgan fingerprint density at radius 2 is 2.04 bits per heavy atom. The molecule has 0 aliphatic heterocycles. The quantitative estimate of drug-likeness (QED) is 0.372. The number of aliphatic imine (C=N–C) groups is 1. The molecule has 0 heterocycles. The molecule has 0 amide bonds. The number of halogens is 3. The summed E-state index contributed by atoms with van der Waals surface area (Å²) in [5, 5.41) is 6.11. The van der Waals surface area contributed by atoms with Gasteiger partial charge in [-0.15, -0.1) is 0 Å². The van der Waals surface area contributed by atoms with Crippen molar-refractivity contribution in [2.75, 3.05) is 31.7 Å². The fourth-order valence-electron chi connectivity index (χ4n) is 2.10. The summed E-state index contributed by atoms with van der Waals surface area (Å²) in [5.74, 6) is 0.685. The summed E-state index contributed by atoms with van der Waals surface area (Å²) >= 11 is 0. The second kappa shape index (κ2) is 10.4. The first-order valence-electron chi connectivity index (χ1n) is 8.54. The van der Waals surface area contributed by atoms with Crippen LogP contribution in [0.15, 0.2) is 29.3 Å². The molecule has 0 saturated heterocycles. The van der Waals surface area contributed by atoms with E-state index in [0.717, 1.165) is 12.1 Å². The van der Waals surface area contributed by atoms with Crippen LogP contribution < -0.4 is 15.4 Å². The van der Waals surface area contributed by atoms with Crippen molar-refractivity contribution < 1.29 is 26.3 Å². The third kappa shape index (κ3) is 10.1. The molecular formula is C17H26F3N3O3S. The van der Waals surface area contributed by atoms with Gasteiger partial charge in [-0.1, -0.05) is 6.07 Å². The van der Waals surface area contributed by atoms with E-state index < -0.39 is 21.6 Å². The van der Waals surface area contributed by atoms with Crippen LogP contribution in [0.3, 0.4) is 0 Å². The number of alkyl halides is 3. The Bertz CT molecular complexity index is 722. The number of rotatable bonds is 9. The van der Waals surface area contributed by atoms with E-state index in [0.29, 0.717) is 18.9 Å². The maximum atomic E-state index is 12.7. The summed E-state index contributed by atoms with van der Waals surface area (Å²) in [6.07, 6.45) is -2.80. The average Bonchev–Trinajstić information content (AvgIpc) is 2.56. The van der Waals surface area contributed by atoms with Gasteiger partial charge in [0, 0.05) is 18.8 Å². The minimum absolute atomic E-state index is 0.0687. The van der Waals surface area contributed by atoms with Crippen LogP contribution >= 0.6 is 0 Å². The third-order valence-electron chi connectivity index (χ3n) is 3.44. The molecule has 154 valence electrons. The minimum Gasteiger partial charge on any atom is -0.492 e. The van der Waals surface area contributed by atoms with Crippen molar-refractivity contribution in [3.05, 3.63) is 29.8 Å². The molecule has 1 unspecified atom stereocenters. The van der Waals surface area contributed by atoms with Gasteiger partial charge in [-0.3, -0.25) is 0 Å². The van der Waals surface area contributed by atoms with Crippen molar-refractivity contribution in [3.8, 4) is 5.75 Å².